The van der Waals surface area contributed by atoms with Gasteiger partial charge >= 0.3 is 5.97 Å². The summed E-state index contributed by atoms with van der Waals surface area (Å²) in [4.78, 5) is 21.5. The van der Waals surface area contributed by atoms with E-state index in [0.717, 1.165) is 25.7 Å². The Bertz CT molecular complexity index is 251. The van der Waals surface area contributed by atoms with Crippen LogP contribution in [0, 0.1) is 5.92 Å². The molecule has 0 radical (unpaired) electrons. The molecule has 114 valence electrons. The van der Waals surface area contributed by atoms with Crippen molar-refractivity contribution in [3.63, 3.8) is 0 Å². The zero-order chi connectivity index (χ0) is 15.5. The third-order valence-corrected chi connectivity index (χ3v) is 2.64. The van der Waals surface area contributed by atoms with Crippen LogP contribution >= 0.6 is 0 Å². The van der Waals surface area contributed by atoms with Gasteiger partial charge in [0.05, 0.1) is 5.92 Å². The number of ether oxygens (including phenoxy) is 1. The predicted octanol–water partition coefficient (Wildman–Crippen LogP) is 4.53. The van der Waals surface area contributed by atoms with Crippen LogP contribution in [0.5, 0.6) is 0 Å². The number of rotatable bonds is 6. The molecule has 3 nitrogen and oxygen atoms in total. The minimum Gasteiger partial charge on any atom is -0.460 e. The van der Waals surface area contributed by atoms with Gasteiger partial charge in [-0.05, 0) is 40.5 Å². The van der Waals surface area contributed by atoms with Crippen LogP contribution in [0.25, 0.3) is 0 Å². The van der Waals surface area contributed by atoms with E-state index in [0.29, 0.717) is 6.42 Å². The fourth-order valence-electron chi connectivity index (χ4n) is 1.32. The van der Waals surface area contributed by atoms with Gasteiger partial charge in [0, 0.05) is 6.42 Å². The number of carbonyl (C=O) groups excluding carboxylic acids is 2. The van der Waals surface area contributed by atoms with Crippen molar-refractivity contribution < 1.29 is 14.3 Å². The molecule has 0 spiro atoms. The minimum atomic E-state index is -0.350. The van der Waals surface area contributed by atoms with Gasteiger partial charge in [-0.25, -0.2) is 0 Å². The summed E-state index contributed by atoms with van der Waals surface area (Å²) in [6.45, 7) is 13.4. The molecule has 0 aliphatic heterocycles. The Morgan fingerprint density at radius 3 is 1.84 bits per heavy atom. The molecule has 0 aromatic rings. The van der Waals surface area contributed by atoms with Crippen LogP contribution in [0.15, 0.2) is 0 Å². The highest BCUT2D eigenvalue weighted by molar-refractivity contribution is 5.74. The van der Waals surface area contributed by atoms with E-state index in [1.807, 2.05) is 34.6 Å². The summed E-state index contributed by atoms with van der Waals surface area (Å²) >= 11 is 0. The van der Waals surface area contributed by atoms with E-state index >= 15 is 0 Å². The molecule has 0 aliphatic carbocycles. The van der Waals surface area contributed by atoms with E-state index in [9.17, 15) is 9.59 Å². The van der Waals surface area contributed by atoms with E-state index in [1.54, 1.807) is 6.92 Å². The van der Waals surface area contributed by atoms with Gasteiger partial charge in [-0.2, -0.15) is 0 Å². The van der Waals surface area contributed by atoms with Gasteiger partial charge in [0.25, 0.3) is 0 Å². The fourth-order valence-corrected chi connectivity index (χ4v) is 1.32. The predicted molar refractivity (Wildman–Crippen MR) is 80.1 cm³/mol. The van der Waals surface area contributed by atoms with Crippen LogP contribution in [-0.2, 0) is 14.3 Å². The maximum atomic E-state index is 11.7. The van der Waals surface area contributed by atoms with E-state index < -0.39 is 0 Å². The number of Topliss-reactive ketones (excluding diaryl/α,β-unsaturated/α-hetero) is 1. The molecule has 3 heteroatoms. The largest absolute Gasteiger partial charge is 0.460 e. The van der Waals surface area contributed by atoms with E-state index in [-0.39, 0.29) is 23.3 Å². The van der Waals surface area contributed by atoms with Gasteiger partial charge < -0.3 is 9.53 Å². The van der Waals surface area contributed by atoms with Gasteiger partial charge in [-0.3, -0.25) is 4.79 Å². The number of ketones is 1. The van der Waals surface area contributed by atoms with E-state index in [4.69, 9.17) is 4.74 Å². The summed E-state index contributed by atoms with van der Waals surface area (Å²) in [6.07, 6.45) is 4.76. The van der Waals surface area contributed by atoms with Crippen molar-refractivity contribution >= 4 is 11.8 Å². The Kier molecular flexibility index (Phi) is 11.9. The van der Waals surface area contributed by atoms with Crippen molar-refractivity contribution in [2.45, 2.75) is 86.2 Å². The average molecular weight is 272 g/mol. The number of unbranched alkanes of at least 4 members (excludes halogenated alkanes) is 1. The second-order valence-electron chi connectivity index (χ2n) is 5.84. The van der Waals surface area contributed by atoms with Crippen molar-refractivity contribution in [1.29, 1.82) is 0 Å². The van der Waals surface area contributed by atoms with Crippen LogP contribution in [0.2, 0.25) is 0 Å². The van der Waals surface area contributed by atoms with Crippen molar-refractivity contribution in [2.24, 2.45) is 5.92 Å². The molecule has 19 heavy (non-hydrogen) atoms. The minimum absolute atomic E-state index is 0.0338. The number of carbonyl (C=O) groups is 2. The first-order chi connectivity index (χ1) is 8.67. The molecular formula is C16H32O3. The van der Waals surface area contributed by atoms with Crippen molar-refractivity contribution in [3.8, 4) is 0 Å². The Morgan fingerprint density at radius 2 is 1.58 bits per heavy atom. The second-order valence-corrected chi connectivity index (χ2v) is 5.84. The molecular weight excluding hydrogens is 240 g/mol. The topological polar surface area (TPSA) is 43.4 Å². The number of hydrogen-bond donors (Lipinski definition) is 0. The molecule has 0 aliphatic rings. The lowest BCUT2D eigenvalue weighted by molar-refractivity contribution is -0.160. The Balaban J connectivity index is 0. The Hall–Kier alpha value is -0.860. The molecule has 0 heterocycles. The maximum absolute atomic E-state index is 11.7. The Morgan fingerprint density at radius 1 is 1.11 bits per heavy atom. The van der Waals surface area contributed by atoms with Gasteiger partial charge in [0.15, 0.2) is 0 Å². The second kappa shape index (κ2) is 11.0. The normalized spacial score (nSPS) is 12.2. The number of hydrogen-bond acceptors (Lipinski definition) is 3. The van der Waals surface area contributed by atoms with Crippen LogP contribution in [0.3, 0.4) is 0 Å². The quantitative estimate of drug-likeness (QED) is 0.667. The zero-order valence-corrected chi connectivity index (χ0v) is 13.8. The molecule has 0 fully saturated rings. The molecule has 0 aromatic carbocycles. The van der Waals surface area contributed by atoms with Crippen molar-refractivity contribution in [1.82, 2.24) is 0 Å². The molecule has 1 atom stereocenters. The van der Waals surface area contributed by atoms with Gasteiger partial charge in [-0.1, -0.05) is 33.6 Å². The maximum Gasteiger partial charge on any atom is 0.309 e. The molecule has 0 N–H and O–H groups in total. The first kappa shape index (κ1) is 20.5. The average Bonchev–Trinajstić information content (AvgIpc) is 2.28. The molecule has 0 saturated heterocycles. The van der Waals surface area contributed by atoms with E-state index in [1.165, 1.54) is 0 Å². The molecule has 0 amide bonds. The highest BCUT2D eigenvalue weighted by Gasteiger charge is 2.22. The van der Waals surface area contributed by atoms with Crippen molar-refractivity contribution in [2.75, 3.05) is 0 Å². The summed E-state index contributed by atoms with van der Waals surface area (Å²) in [5.41, 5.74) is -0.350. The van der Waals surface area contributed by atoms with Crippen LogP contribution < -0.4 is 0 Å². The van der Waals surface area contributed by atoms with Gasteiger partial charge in [0.2, 0.25) is 0 Å². The van der Waals surface area contributed by atoms with E-state index in [2.05, 4.69) is 6.92 Å². The van der Waals surface area contributed by atoms with Crippen LogP contribution in [-0.4, -0.2) is 17.4 Å². The SMILES string of the molecule is CCC(C)=O.CCCCC(CC)C(=O)OC(C)(C)C. The first-order valence-corrected chi connectivity index (χ1v) is 7.40. The fraction of sp³-hybridized carbons (Fsp3) is 0.875. The molecule has 0 aromatic heterocycles. The first-order valence-electron chi connectivity index (χ1n) is 7.40. The Labute approximate surface area is 119 Å². The third-order valence-electron chi connectivity index (χ3n) is 2.64. The third kappa shape index (κ3) is 15.1. The van der Waals surface area contributed by atoms with Crippen LogP contribution in [0.4, 0.5) is 0 Å². The lowest BCUT2D eigenvalue weighted by Crippen LogP contribution is -2.28. The van der Waals surface area contributed by atoms with Gasteiger partial charge in [-0.15, -0.1) is 0 Å². The highest BCUT2D eigenvalue weighted by atomic mass is 16.6. The summed E-state index contributed by atoms with van der Waals surface area (Å²) in [6, 6.07) is 0. The van der Waals surface area contributed by atoms with Crippen molar-refractivity contribution in [3.05, 3.63) is 0 Å². The highest BCUT2D eigenvalue weighted by Crippen LogP contribution is 2.18. The standard InChI is InChI=1S/C12H24O2.C4H8O/c1-6-8-9-10(7-2)11(13)14-12(3,4)5;1-3-4(2)5/h10H,6-9H2,1-5H3;3H2,1-2H3. The monoisotopic (exact) mass is 272 g/mol. The summed E-state index contributed by atoms with van der Waals surface area (Å²) in [7, 11) is 0. The summed E-state index contributed by atoms with van der Waals surface area (Å²) in [5.74, 6) is 0.313. The lowest BCUT2D eigenvalue weighted by atomic mass is 9.99. The lowest BCUT2D eigenvalue weighted by Gasteiger charge is -2.23. The van der Waals surface area contributed by atoms with Crippen LogP contribution in [0.1, 0.15) is 80.6 Å². The number of esters is 1. The smallest absolute Gasteiger partial charge is 0.309 e. The molecule has 0 bridgehead atoms. The summed E-state index contributed by atoms with van der Waals surface area (Å²) in [5, 5.41) is 0. The molecule has 1 unspecified atom stereocenters. The van der Waals surface area contributed by atoms with Gasteiger partial charge in [0.1, 0.15) is 11.4 Å². The molecule has 0 saturated carbocycles. The molecule has 0 rings (SSSR count). The zero-order valence-electron chi connectivity index (χ0n) is 13.8. The summed E-state index contributed by atoms with van der Waals surface area (Å²) < 4.78 is 5.35.